The minimum atomic E-state index is -0.180. The highest BCUT2D eigenvalue weighted by molar-refractivity contribution is 5.94. The first-order valence-corrected chi connectivity index (χ1v) is 13.7. The van der Waals surface area contributed by atoms with E-state index in [1.165, 1.54) is 0 Å². The van der Waals surface area contributed by atoms with Gasteiger partial charge < -0.3 is 15.1 Å². The van der Waals surface area contributed by atoms with Gasteiger partial charge in [0.25, 0.3) is 5.91 Å². The van der Waals surface area contributed by atoms with E-state index in [2.05, 4.69) is 34.1 Å². The molecule has 1 unspecified atom stereocenters. The van der Waals surface area contributed by atoms with E-state index in [0.29, 0.717) is 57.7 Å². The molecule has 0 spiro atoms. The van der Waals surface area contributed by atoms with E-state index >= 15 is 0 Å². The standard InChI is InChI=1S/C28H41N7O3/c1-20(2)17-35-19-26(37)32(3)22-9-10-24-23(15-22)27(31-33(24)4)28(38)30-12-14-34(13-6-8-25(35)36)18-21-7-5-11-29-16-21/h5,7,11,16,20,22H,6,8-10,12-15,17-19H2,1-4H3,(H,30,38). The first kappa shape index (κ1) is 27.8. The first-order valence-electron chi connectivity index (χ1n) is 13.7. The Labute approximate surface area is 225 Å². The second kappa shape index (κ2) is 12.5. The van der Waals surface area contributed by atoms with Crippen LogP contribution in [0.1, 0.15) is 60.4 Å². The SMILES string of the molecule is CC(C)CN1CC(=O)N(C)C2CCc3c(c(nn3C)C(=O)NCCN(Cc3cccnc3)CCCC1=O)C2. The molecule has 2 aromatic heterocycles. The summed E-state index contributed by atoms with van der Waals surface area (Å²) in [6.45, 7) is 7.25. The number of fused-ring (bicyclic) bond motifs is 1. The van der Waals surface area contributed by atoms with Crippen LogP contribution in [0.25, 0.3) is 0 Å². The Kier molecular flexibility index (Phi) is 9.14. The van der Waals surface area contributed by atoms with E-state index in [0.717, 1.165) is 29.7 Å². The highest BCUT2D eigenvalue weighted by Gasteiger charge is 2.32. The number of carbonyl (C=O) groups excluding carboxylic acids is 3. The molecule has 0 aromatic carbocycles. The van der Waals surface area contributed by atoms with Gasteiger partial charge >= 0.3 is 0 Å². The van der Waals surface area contributed by atoms with Crippen LogP contribution in [0.5, 0.6) is 0 Å². The molecule has 38 heavy (non-hydrogen) atoms. The molecule has 10 heteroatoms. The van der Waals surface area contributed by atoms with Crippen molar-refractivity contribution in [3.63, 3.8) is 0 Å². The molecule has 2 aliphatic rings. The summed E-state index contributed by atoms with van der Waals surface area (Å²) in [6, 6.07) is 3.91. The van der Waals surface area contributed by atoms with Crippen molar-refractivity contribution in [1.29, 1.82) is 0 Å². The van der Waals surface area contributed by atoms with Gasteiger partial charge in [0.2, 0.25) is 11.8 Å². The average Bonchev–Trinajstić information content (AvgIpc) is 3.23. The molecule has 0 saturated heterocycles. The number of hydrogen-bond acceptors (Lipinski definition) is 6. The number of carbonyl (C=O) groups is 3. The molecule has 4 rings (SSSR count). The molecule has 1 atom stereocenters. The zero-order chi connectivity index (χ0) is 27.2. The smallest absolute Gasteiger partial charge is 0.272 e. The summed E-state index contributed by atoms with van der Waals surface area (Å²) in [6.07, 6.45) is 6.78. The summed E-state index contributed by atoms with van der Waals surface area (Å²) in [7, 11) is 3.69. The van der Waals surface area contributed by atoms with Crippen LogP contribution in [0.4, 0.5) is 0 Å². The van der Waals surface area contributed by atoms with Crippen LogP contribution >= 0.6 is 0 Å². The van der Waals surface area contributed by atoms with Gasteiger partial charge in [0.15, 0.2) is 5.69 Å². The number of likely N-dealkylation sites (N-methyl/N-ethyl adjacent to an activating group) is 1. The van der Waals surface area contributed by atoms with Crippen molar-refractivity contribution in [3.8, 4) is 0 Å². The Morgan fingerprint density at radius 3 is 2.66 bits per heavy atom. The zero-order valence-electron chi connectivity index (χ0n) is 23.2. The summed E-state index contributed by atoms with van der Waals surface area (Å²) >= 11 is 0. The maximum absolute atomic E-state index is 13.3. The fraction of sp³-hybridized carbons (Fsp3) is 0.607. The Bertz CT molecular complexity index is 1130. The molecule has 206 valence electrons. The highest BCUT2D eigenvalue weighted by Crippen LogP contribution is 2.27. The fourth-order valence-corrected chi connectivity index (χ4v) is 5.50. The Morgan fingerprint density at radius 1 is 1.11 bits per heavy atom. The summed E-state index contributed by atoms with van der Waals surface area (Å²) in [5.41, 5.74) is 3.51. The molecule has 1 N–H and O–H groups in total. The van der Waals surface area contributed by atoms with E-state index < -0.39 is 0 Å². The number of rotatable bonds is 4. The van der Waals surface area contributed by atoms with E-state index in [-0.39, 0.29) is 36.2 Å². The number of pyridine rings is 1. The van der Waals surface area contributed by atoms with Crippen LogP contribution < -0.4 is 5.32 Å². The molecule has 0 radical (unpaired) electrons. The third kappa shape index (κ3) is 6.78. The molecule has 0 fully saturated rings. The molecular formula is C28H41N7O3. The maximum Gasteiger partial charge on any atom is 0.272 e. The predicted octanol–water partition coefficient (Wildman–Crippen LogP) is 1.64. The number of amides is 3. The summed E-state index contributed by atoms with van der Waals surface area (Å²) in [5.74, 6) is 0.0330. The normalized spacial score (nSPS) is 20.6. The summed E-state index contributed by atoms with van der Waals surface area (Å²) in [5, 5.41) is 7.62. The van der Waals surface area contributed by atoms with Gasteiger partial charge in [-0.05, 0) is 49.8 Å². The van der Waals surface area contributed by atoms with Crippen molar-refractivity contribution in [3.05, 3.63) is 47.0 Å². The molecule has 1 aliphatic heterocycles. The summed E-state index contributed by atoms with van der Waals surface area (Å²) in [4.78, 5) is 49.7. The Morgan fingerprint density at radius 2 is 1.92 bits per heavy atom. The molecule has 0 saturated carbocycles. The van der Waals surface area contributed by atoms with Crippen molar-refractivity contribution < 1.29 is 14.4 Å². The van der Waals surface area contributed by atoms with Gasteiger partial charge in [-0.3, -0.25) is 28.9 Å². The lowest BCUT2D eigenvalue weighted by atomic mass is 9.90. The molecule has 3 amide bonds. The minimum absolute atomic E-state index is 0.0138. The third-order valence-electron chi connectivity index (χ3n) is 7.56. The zero-order valence-corrected chi connectivity index (χ0v) is 23.2. The molecule has 2 aromatic rings. The van der Waals surface area contributed by atoms with Crippen molar-refractivity contribution >= 4 is 17.7 Å². The van der Waals surface area contributed by atoms with Crippen molar-refractivity contribution in [2.24, 2.45) is 13.0 Å². The number of aryl methyl sites for hydroxylation is 1. The van der Waals surface area contributed by atoms with Crippen molar-refractivity contribution in [2.45, 2.75) is 58.5 Å². The number of nitrogens with one attached hydrogen (secondary N) is 1. The maximum atomic E-state index is 13.3. The molecule has 10 nitrogen and oxygen atoms in total. The highest BCUT2D eigenvalue weighted by atomic mass is 16.2. The van der Waals surface area contributed by atoms with Gasteiger partial charge in [-0.15, -0.1) is 0 Å². The van der Waals surface area contributed by atoms with Crippen LogP contribution in [0.3, 0.4) is 0 Å². The number of hydrogen-bond donors (Lipinski definition) is 1. The first-order chi connectivity index (χ1) is 18.2. The second-order valence-electron chi connectivity index (χ2n) is 11.0. The lowest BCUT2D eigenvalue weighted by Crippen LogP contribution is -2.47. The van der Waals surface area contributed by atoms with Crippen LogP contribution in [0.2, 0.25) is 0 Å². The fourth-order valence-electron chi connectivity index (χ4n) is 5.50. The minimum Gasteiger partial charge on any atom is -0.349 e. The van der Waals surface area contributed by atoms with Crippen molar-refractivity contribution in [1.82, 2.24) is 34.8 Å². The lowest BCUT2D eigenvalue weighted by molar-refractivity contribution is -0.141. The average molecular weight is 524 g/mol. The van der Waals surface area contributed by atoms with Crippen LogP contribution in [0.15, 0.2) is 24.5 Å². The molecular weight excluding hydrogens is 482 g/mol. The quantitative estimate of drug-likeness (QED) is 0.654. The molecule has 2 bridgehead atoms. The van der Waals surface area contributed by atoms with Gasteiger partial charge in [0.1, 0.15) is 0 Å². The van der Waals surface area contributed by atoms with Gasteiger partial charge in [-0.2, -0.15) is 5.10 Å². The van der Waals surface area contributed by atoms with Crippen LogP contribution in [0, 0.1) is 5.92 Å². The number of aromatic nitrogens is 3. The lowest BCUT2D eigenvalue weighted by Gasteiger charge is -2.34. The second-order valence-corrected chi connectivity index (χ2v) is 11.0. The van der Waals surface area contributed by atoms with E-state index in [1.54, 1.807) is 20.7 Å². The topological polar surface area (TPSA) is 104 Å². The Hall–Kier alpha value is -3.27. The third-order valence-corrected chi connectivity index (χ3v) is 7.56. The largest absolute Gasteiger partial charge is 0.349 e. The van der Waals surface area contributed by atoms with Gasteiger partial charge in [0, 0.05) is 76.4 Å². The van der Waals surface area contributed by atoms with Gasteiger partial charge in [-0.1, -0.05) is 19.9 Å². The van der Waals surface area contributed by atoms with Gasteiger partial charge in [0.05, 0.1) is 6.54 Å². The van der Waals surface area contributed by atoms with E-state index in [9.17, 15) is 14.4 Å². The predicted molar refractivity (Wildman–Crippen MR) is 144 cm³/mol. The summed E-state index contributed by atoms with van der Waals surface area (Å²) < 4.78 is 1.80. The molecule has 3 heterocycles. The number of nitrogens with zero attached hydrogens (tertiary/aromatic N) is 6. The molecule has 1 aliphatic carbocycles. The monoisotopic (exact) mass is 523 g/mol. The van der Waals surface area contributed by atoms with E-state index in [4.69, 9.17) is 0 Å². The van der Waals surface area contributed by atoms with Gasteiger partial charge in [-0.25, -0.2) is 0 Å². The van der Waals surface area contributed by atoms with Crippen LogP contribution in [-0.2, 0) is 36.0 Å². The Balaban J connectivity index is 1.58. The van der Waals surface area contributed by atoms with Crippen LogP contribution in [-0.4, -0.2) is 93.0 Å². The van der Waals surface area contributed by atoms with E-state index in [1.807, 2.05) is 32.4 Å². The van der Waals surface area contributed by atoms with Crippen molar-refractivity contribution in [2.75, 3.05) is 39.8 Å².